The molecule has 0 unspecified atom stereocenters. The highest BCUT2D eigenvalue weighted by Crippen LogP contribution is 2.35. The Bertz CT molecular complexity index is 666. The Morgan fingerprint density at radius 3 is 2.27 bits per heavy atom. The Morgan fingerprint density at radius 1 is 1.23 bits per heavy atom. The van der Waals surface area contributed by atoms with E-state index in [4.69, 9.17) is 4.74 Å². The molecule has 0 N–H and O–H groups in total. The zero-order valence-corrected chi connectivity index (χ0v) is 12.7. The van der Waals surface area contributed by atoms with Gasteiger partial charge < -0.3 is 13.7 Å². The summed E-state index contributed by atoms with van der Waals surface area (Å²) in [7, 11) is -3.55. The fourth-order valence-corrected chi connectivity index (χ4v) is 2.13. The fraction of sp³-hybridized carbons (Fsp3) is 0.417. The van der Waals surface area contributed by atoms with E-state index < -0.39 is 33.8 Å². The molecule has 6 nitrogen and oxygen atoms in total. The van der Waals surface area contributed by atoms with Crippen molar-refractivity contribution in [1.29, 1.82) is 0 Å². The van der Waals surface area contributed by atoms with Gasteiger partial charge >= 0.3 is 21.6 Å². The van der Waals surface area contributed by atoms with Crippen LogP contribution in [0.2, 0.25) is 0 Å². The molecule has 0 radical (unpaired) electrons. The predicted molar refractivity (Wildman–Crippen MR) is 69.1 cm³/mol. The van der Waals surface area contributed by atoms with E-state index in [0.29, 0.717) is 5.56 Å². The Morgan fingerprint density at radius 2 is 1.82 bits per heavy atom. The second-order valence-electron chi connectivity index (χ2n) is 4.13. The molecular weight excluding hydrogens is 329 g/mol. The highest BCUT2D eigenvalue weighted by atomic mass is 32.2. The predicted octanol–water partition coefficient (Wildman–Crippen LogP) is 1.95. The minimum absolute atomic E-state index is 0.0419. The standard InChI is InChI=1S/C12H13F3O6S/c1-7-4-5-9(21-22(17,18)12(13,14)15)8(11(7)20-3)6-10(16)19-2/h4-5H,6H2,1-3H3. The molecule has 0 saturated carbocycles. The largest absolute Gasteiger partial charge is 0.534 e. The third-order valence-electron chi connectivity index (χ3n) is 2.65. The van der Waals surface area contributed by atoms with Crippen LogP contribution in [0.25, 0.3) is 0 Å². The van der Waals surface area contributed by atoms with E-state index in [1.54, 1.807) is 6.92 Å². The molecule has 0 amide bonds. The second-order valence-corrected chi connectivity index (χ2v) is 5.67. The molecule has 22 heavy (non-hydrogen) atoms. The van der Waals surface area contributed by atoms with Crippen LogP contribution in [-0.4, -0.2) is 34.1 Å². The number of hydrogen-bond donors (Lipinski definition) is 0. The van der Waals surface area contributed by atoms with Gasteiger partial charge in [0.25, 0.3) is 0 Å². The molecule has 0 saturated heterocycles. The minimum Gasteiger partial charge on any atom is -0.496 e. The summed E-state index contributed by atoms with van der Waals surface area (Å²) in [5.74, 6) is -1.40. The number of ether oxygens (including phenoxy) is 2. The van der Waals surface area contributed by atoms with Crippen LogP contribution in [0.3, 0.4) is 0 Å². The third kappa shape index (κ3) is 3.81. The molecule has 0 spiro atoms. The molecule has 10 heteroatoms. The molecule has 0 aliphatic heterocycles. The number of carbonyl (C=O) groups is 1. The average molecular weight is 342 g/mol. The Hall–Kier alpha value is -1.97. The number of aryl methyl sites for hydroxylation is 1. The molecule has 1 aromatic carbocycles. The highest BCUT2D eigenvalue weighted by Gasteiger charge is 2.49. The van der Waals surface area contributed by atoms with Crippen LogP contribution in [0.1, 0.15) is 11.1 Å². The van der Waals surface area contributed by atoms with E-state index in [1.807, 2.05) is 0 Å². The average Bonchev–Trinajstić information content (AvgIpc) is 2.40. The molecule has 0 fully saturated rings. The quantitative estimate of drug-likeness (QED) is 0.462. The van der Waals surface area contributed by atoms with E-state index in [9.17, 15) is 26.4 Å². The zero-order valence-electron chi connectivity index (χ0n) is 11.9. The van der Waals surface area contributed by atoms with Gasteiger partial charge in [-0.2, -0.15) is 21.6 Å². The fourth-order valence-electron chi connectivity index (χ4n) is 1.64. The van der Waals surface area contributed by atoms with Crippen LogP contribution in [-0.2, 0) is 26.1 Å². The van der Waals surface area contributed by atoms with E-state index >= 15 is 0 Å². The van der Waals surface area contributed by atoms with Crippen molar-refractivity contribution in [3.8, 4) is 11.5 Å². The molecule has 0 aliphatic carbocycles. The summed E-state index contributed by atoms with van der Waals surface area (Å²) in [5, 5.41) is 0. The number of alkyl halides is 3. The van der Waals surface area contributed by atoms with Gasteiger partial charge in [-0.3, -0.25) is 4.79 Å². The summed E-state index contributed by atoms with van der Waals surface area (Å²) in [4.78, 5) is 11.4. The summed E-state index contributed by atoms with van der Waals surface area (Å²) >= 11 is 0. The molecule has 0 aliphatic rings. The lowest BCUT2D eigenvalue weighted by atomic mass is 10.1. The van der Waals surface area contributed by atoms with Crippen molar-refractivity contribution in [2.75, 3.05) is 14.2 Å². The second kappa shape index (κ2) is 6.42. The van der Waals surface area contributed by atoms with Gasteiger partial charge in [0, 0.05) is 5.56 Å². The third-order valence-corrected chi connectivity index (χ3v) is 3.62. The molecule has 0 heterocycles. The van der Waals surface area contributed by atoms with Crippen molar-refractivity contribution in [2.24, 2.45) is 0 Å². The summed E-state index contributed by atoms with van der Waals surface area (Å²) in [6, 6.07) is 2.32. The zero-order chi connectivity index (χ0) is 17.1. The maximum Gasteiger partial charge on any atom is 0.534 e. The van der Waals surface area contributed by atoms with Gasteiger partial charge in [-0.15, -0.1) is 0 Å². The van der Waals surface area contributed by atoms with Gasteiger partial charge in [0.15, 0.2) is 0 Å². The van der Waals surface area contributed by atoms with Crippen LogP contribution in [0.5, 0.6) is 11.5 Å². The first-order chi connectivity index (χ1) is 10.0. The Labute approximate surface area is 124 Å². The van der Waals surface area contributed by atoms with Crippen LogP contribution in [0, 0.1) is 6.92 Å². The van der Waals surface area contributed by atoms with Gasteiger partial charge in [0.05, 0.1) is 20.6 Å². The van der Waals surface area contributed by atoms with E-state index in [0.717, 1.165) is 13.2 Å². The number of carbonyl (C=O) groups excluding carboxylic acids is 1. The van der Waals surface area contributed by atoms with Crippen LogP contribution in [0.15, 0.2) is 12.1 Å². The first kappa shape index (κ1) is 18.1. The maximum atomic E-state index is 12.4. The van der Waals surface area contributed by atoms with Crippen molar-refractivity contribution in [2.45, 2.75) is 18.9 Å². The van der Waals surface area contributed by atoms with E-state index in [1.165, 1.54) is 13.2 Å². The summed E-state index contributed by atoms with van der Waals surface area (Å²) in [6.07, 6.45) is -0.510. The van der Waals surface area contributed by atoms with Gasteiger partial charge in [0.2, 0.25) is 0 Å². The topological polar surface area (TPSA) is 78.9 Å². The number of rotatable bonds is 5. The lowest BCUT2D eigenvalue weighted by Crippen LogP contribution is -2.28. The number of methoxy groups -OCH3 is 2. The molecule has 0 bridgehead atoms. The van der Waals surface area contributed by atoms with E-state index in [2.05, 4.69) is 8.92 Å². The first-order valence-electron chi connectivity index (χ1n) is 5.77. The highest BCUT2D eigenvalue weighted by molar-refractivity contribution is 7.88. The van der Waals surface area contributed by atoms with Crippen LogP contribution in [0.4, 0.5) is 13.2 Å². The van der Waals surface area contributed by atoms with Gasteiger partial charge in [0.1, 0.15) is 11.5 Å². The van der Waals surface area contributed by atoms with Crippen molar-refractivity contribution in [1.82, 2.24) is 0 Å². The Kier molecular flexibility index (Phi) is 5.28. The maximum absolute atomic E-state index is 12.4. The first-order valence-corrected chi connectivity index (χ1v) is 7.18. The molecule has 124 valence electrons. The molecule has 0 atom stereocenters. The van der Waals surface area contributed by atoms with Gasteiger partial charge in [-0.05, 0) is 18.6 Å². The van der Waals surface area contributed by atoms with Crippen LogP contribution < -0.4 is 8.92 Å². The molecule has 1 aromatic rings. The molecular formula is C12H13F3O6S. The Balaban J connectivity index is 3.39. The monoisotopic (exact) mass is 342 g/mol. The lowest BCUT2D eigenvalue weighted by Gasteiger charge is -2.16. The summed E-state index contributed by atoms with van der Waals surface area (Å²) in [5.41, 5.74) is -5.26. The van der Waals surface area contributed by atoms with Crippen LogP contribution >= 0.6 is 0 Å². The van der Waals surface area contributed by atoms with Crippen molar-refractivity contribution < 1.29 is 40.0 Å². The van der Waals surface area contributed by atoms with Crippen molar-refractivity contribution in [3.63, 3.8) is 0 Å². The van der Waals surface area contributed by atoms with Gasteiger partial charge in [-0.1, -0.05) is 6.07 Å². The SMILES string of the molecule is COC(=O)Cc1c(OS(=O)(=O)C(F)(F)F)ccc(C)c1OC. The molecule has 0 aromatic heterocycles. The van der Waals surface area contributed by atoms with Gasteiger partial charge in [-0.25, -0.2) is 0 Å². The molecule has 1 rings (SSSR count). The van der Waals surface area contributed by atoms with Crippen molar-refractivity contribution >= 4 is 16.1 Å². The number of hydrogen-bond acceptors (Lipinski definition) is 6. The normalized spacial score (nSPS) is 11.9. The summed E-state index contributed by atoms with van der Waals surface area (Å²) in [6.45, 7) is 1.57. The number of esters is 1. The minimum atomic E-state index is -5.86. The van der Waals surface area contributed by atoms with Crippen molar-refractivity contribution in [3.05, 3.63) is 23.3 Å². The number of halogens is 3. The lowest BCUT2D eigenvalue weighted by molar-refractivity contribution is -0.139. The number of benzene rings is 1. The van der Waals surface area contributed by atoms with E-state index in [-0.39, 0.29) is 11.3 Å². The smallest absolute Gasteiger partial charge is 0.496 e. The summed E-state index contributed by atoms with van der Waals surface area (Å²) < 4.78 is 73.0.